The Labute approximate surface area is 136 Å². The molecule has 1 aromatic heterocycles. The highest BCUT2D eigenvalue weighted by Crippen LogP contribution is 2.20. The predicted octanol–water partition coefficient (Wildman–Crippen LogP) is 1.74. The van der Waals surface area contributed by atoms with Crippen molar-refractivity contribution in [2.45, 2.75) is 24.1 Å². The van der Waals surface area contributed by atoms with E-state index in [4.69, 9.17) is 4.42 Å². The zero-order valence-electron chi connectivity index (χ0n) is 13.3. The zero-order valence-corrected chi connectivity index (χ0v) is 14.1. The maximum absolute atomic E-state index is 12.0. The highest BCUT2D eigenvalue weighted by molar-refractivity contribution is 7.88. The Bertz CT molecular complexity index is 711. The molecule has 23 heavy (non-hydrogen) atoms. The molecule has 2 N–H and O–H groups in total. The molecule has 0 amide bonds. The molecule has 1 unspecified atom stereocenters. The third-order valence-corrected chi connectivity index (χ3v) is 5.20. The van der Waals surface area contributed by atoms with E-state index in [1.165, 1.54) is 20.2 Å². The van der Waals surface area contributed by atoms with Crippen LogP contribution in [0.1, 0.15) is 23.8 Å². The van der Waals surface area contributed by atoms with Gasteiger partial charge in [0.05, 0.1) is 6.54 Å². The standard InChI is InChI=1S/C16H22N2O4S/c1-18(2)23(20,21)16-9-8-14(22-16)12-17-15(10-11-19)13-6-4-3-5-7-13/h3-9,15,17,19H,10-12H2,1-2H3. The minimum atomic E-state index is -3.56. The van der Waals surface area contributed by atoms with E-state index in [0.29, 0.717) is 18.7 Å². The van der Waals surface area contributed by atoms with Gasteiger partial charge in [-0.15, -0.1) is 0 Å². The second-order valence-electron chi connectivity index (χ2n) is 5.36. The second-order valence-corrected chi connectivity index (χ2v) is 7.45. The first kappa shape index (κ1) is 17.7. The number of hydrogen-bond acceptors (Lipinski definition) is 5. The van der Waals surface area contributed by atoms with Gasteiger partial charge in [0.15, 0.2) is 0 Å². The summed E-state index contributed by atoms with van der Waals surface area (Å²) < 4.78 is 30.5. The Morgan fingerprint density at radius 2 is 1.87 bits per heavy atom. The lowest BCUT2D eigenvalue weighted by Crippen LogP contribution is -2.22. The van der Waals surface area contributed by atoms with Gasteiger partial charge in [-0.05, 0) is 24.1 Å². The van der Waals surface area contributed by atoms with Crippen molar-refractivity contribution in [3.05, 3.63) is 53.8 Å². The number of rotatable bonds is 8. The van der Waals surface area contributed by atoms with Crippen LogP contribution < -0.4 is 5.32 Å². The van der Waals surface area contributed by atoms with Crippen molar-refractivity contribution in [3.63, 3.8) is 0 Å². The van der Waals surface area contributed by atoms with E-state index in [1.54, 1.807) is 6.07 Å². The monoisotopic (exact) mass is 338 g/mol. The number of furan rings is 1. The van der Waals surface area contributed by atoms with Gasteiger partial charge in [0.1, 0.15) is 5.76 Å². The average molecular weight is 338 g/mol. The van der Waals surface area contributed by atoms with Crippen LogP contribution in [0.25, 0.3) is 0 Å². The van der Waals surface area contributed by atoms with Crippen LogP contribution in [0.3, 0.4) is 0 Å². The summed E-state index contributed by atoms with van der Waals surface area (Å²) >= 11 is 0. The van der Waals surface area contributed by atoms with E-state index < -0.39 is 10.0 Å². The highest BCUT2D eigenvalue weighted by Gasteiger charge is 2.21. The van der Waals surface area contributed by atoms with E-state index in [2.05, 4.69) is 5.32 Å². The lowest BCUT2D eigenvalue weighted by molar-refractivity contribution is 0.262. The van der Waals surface area contributed by atoms with E-state index >= 15 is 0 Å². The Hall–Kier alpha value is -1.67. The number of nitrogens with zero attached hydrogens (tertiary/aromatic N) is 1. The number of aliphatic hydroxyl groups excluding tert-OH is 1. The zero-order chi connectivity index (χ0) is 16.9. The molecule has 7 heteroatoms. The van der Waals surface area contributed by atoms with Gasteiger partial charge in [-0.1, -0.05) is 30.3 Å². The first-order valence-electron chi connectivity index (χ1n) is 7.35. The van der Waals surface area contributed by atoms with Crippen molar-refractivity contribution in [1.82, 2.24) is 9.62 Å². The lowest BCUT2D eigenvalue weighted by atomic mass is 10.0. The molecule has 0 aliphatic carbocycles. The summed E-state index contributed by atoms with van der Waals surface area (Å²) in [6, 6.07) is 12.9. The smallest absolute Gasteiger partial charge is 0.275 e. The normalized spacial score (nSPS) is 13.4. The molecule has 126 valence electrons. The molecule has 0 fully saturated rings. The number of hydrogen-bond donors (Lipinski definition) is 2. The minimum absolute atomic E-state index is 0.0276. The Kier molecular flexibility index (Phi) is 5.95. The van der Waals surface area contributed by atoms with Crippen LogP contribution in [-0.2, 0) is 16.6 Å². The Balaban J connectivity index is 2.06. The van der Waals surface area contributed by atoms with Gasteiger partial charge < -0.3 is 14.8 Å². The number of benzene rings is 1. The Morgan fingerprint density at radius 1 is 1.17 bits per heavy atom. The molecule has 1 aromatic carbocycles. The lowest BCUT2D eigenvalue weighted by Gasteiger charge is -2.17. The van der Waals surface area contributed by atoms with E-state index in [0.717, 1.165) is 9.87 Å². The minimum Gasteiger partial charge on any atom is -0.447 e. The number of nitrogens with one attached hydrogen (secondary N) is 1. The first-order valence-corrected chi connectivity index (χ1v) is 8.79. The van der Waals surface area contributed by atoms with Crippen molar-refractivity contribution in [3.8, 4) is 0 Å². The molecule has 2 aromatic rings. The molecule has 0 bridgehead atoms. The predicted molar refractivity (Wildman–Crippen MR) is 87.3 cm³/mol. The third kappa shape index (κ3) is 4.42. The summed E-state index contributed by atoms with van der Waals surface area (Å²) in [5, 5.41) is 12.4. The molecular formula is C16H22N2O4S. The molecule has 0 aliphatic rings. The molecule has 1 heterocycles. The molecule has 2 rings (SSSR count). The quantitative estimate of drug-likeness (QED) is 0.766. The molecular weight excluding hydrogens is 316 g/mol. The number of aliphatic hydroxyl groups is 1. The fourth-order valence-electron chi connectivity index (χ4n) is 2.20. The fourth-order valence-corrected chi connectivity index (χ4v) is 3.01. The van der Waals surface area contributed by atoms with Crippen molar-refractivity contribution in [1.29, 1.82) is 0 Å². The maximum atomic E-state index is 12.0. The van der Waals surface area contributed by atoms with Crippen LogP contribution in [-0.4, -0.2) is 38.5 Å². The molecule has 1 atom stereocenters. The van der Waals surface area contributed by atoms with Crippen LogP contribution in [0, 0.1) is 0 Å². The van der Waals surface area contributed by atoms with Crippen molar-refractivity contribution in [2.24, 2.45) is 0 Å². The first-order chi connectivity index (χ1) is 10.9. The topological polar surface area (TPSA) is 82.8 Å². The van der Waals surface area contributed by atoms with Crippen LogP contribution in [0.15, 0.2) is 52.0 Å². The van der Waals surface area contributed by atoms with Crippen molar-refractivity contribution < 1.29 is 17.9 Å². The van der Waals surface area contributed by atoms with Crippen LogP contribution in [0.2, 0.25) is 0 Å². The number of sulfonamides is 1. The fraction of sp³-hybridized carbons (Fsp3) is 0.375. The van der Waals surface area contributed by atoms with Crippen LogP contribution >= 0.6 is 0 Å². The summed E-state index contributed by atoms with van der Waals surface area (Å²) in [7, 11) is -0.637. The molecule has 0 radical (unpaired) electrons. The summed E-state index contributed by atoms with van der Waals surface area (Å²) in [4.78, 5) is 0. The molecule has 0 saturated heterocycles. The van der Waals surface area contributed by atoms with Gasteiger partial charge in [0.25, 0.3) is 10.0 Å². The molecule has 0 aliphatic heterocycles. The summed E-state index contributed by atoms with van der Waals surface area (Å²) in [5.41, 5.74) is 1.06. The van der Waals surface area contributed by atoms with Gasteiger partial charge in [0, 0.05) is 26.7 Å². The second kappa shape index (κ2) is 7.74. The SMILES string of the molecule is CN(C)S(=O)(=O)c1ccc(CNC(CCO)c2ccccc2)o1. The van der Waals surface area contributed by atoms with E-state index in [-0.39, 0.29) is 17.7 Å². The van der Waals surface area contributed by atoms with E-state index in [1.807, 2.05) is 30.3 Å². The van der Waals surface area contributed by atoms with Gasteiger partial charge in [-0.25, -0.2) is 12.7 Å². The third-order valence-electron chi connectivity index (χ3n) is 3.51. The van der Waals surface area contributed by atoms with E-state index in [9.17, 15) is 13.5 Å². The van der Waals surface area contributed by atoms with Gasteiger partial charge in [-0.3, -0.25) is 0 Å². The largest absolute Gasteiger partial charge is 0.447 e. The van der Waals surface area contributed by atoms with Crippen LogP contribution in [0.4, 0.5) is 0 Å². The van der Waals surface area contributed by atoms with Crippen molar-refractivity contribution >= 4 is 10.0 Å². The molecule has 0 spiro atoms. The maximum Gasteiger partial charge on any atom is 0.275 e. The average Bonchev–Trinajstić information content (AvgIpc) is 3.02. The summed E-state index contributed by atoms with van der Waals surface area (Å²) in [6.07, 6.45) is 0.563. The molecule has 6 nitrogen and oxygen atoms in total. The van der Waals surface area contributed by atoms with Crippen molar-refractivity contribution in [2.75, 3.05) is 20.7 Å². The summed E-state index contributed by atoms with van der Waals surface area (Å²) in [5.74, 6) is 0.532. The van der Waals surface area contributed by atoms with Gasteiger partial charge in [0.2, 0.25) is 5.09 Å². The molecule has 0 saturated carbocycles. The summed E-state index contributed by atoms with van der Waals surface area (Å²) in [6.45, 7) is 0.438. The highest BCUT2D eigenvalue weighted by atomic mass is 32.2. The van der Waals surface area contributed by atoms with Gasteiger partial charge in [-0.2, -0.15) is 0 Å². The van der Waals surface area contributed by atoms with Crippen LogP contribution in [0.5, 0.6) is 0 Å². The van der Waals surface area contributed by atoms with Gasteiger partial charge >= 0.3 is 0 Å². The Morgan fingerprint density at radius 3 is 2.48 bits per heavy atom.